The van der Waals surface area contributed by atoms with Gasteiger partial charge in [-0.05, 0) is 24.4 Å². The third-order valence-corrected chi connectivity index (χ3v) is 6.55. The number of carbonyl (C=O) groups excluding carboxylic acids is 4. The van der Waals surface area contributed by atoms with Gasteiger partial charge in [-0.2, -0.15) is 0 Å². The summed E-state index contributed by atoms with van der Waals surface area (Å²) in [4.78, 5) is 48.4. The van der Waals surface area contributed by atoms with E-state index in [4.69, 9.17) is 36.3 Å². The van der Waals surface area contributed by atoms with Gasteiger partial charge in [0, 0.05) is 38.9 Å². The molecule has 2 aromatic carbocycles. The van der Waals surface area contributed by atoms with E-state index in [9.17, 15) is 19.2 Å². The molecular formula is C28H30N4O8S. The minimum atomic E-state index is -1.25. The Balaban J connectivity index is 1.92. The van der Waals surface area contributed by atoms with Crippen LogP contribution in [0.1, 0.15) is 33.9 Å². The molecule has 5 atom stereocenters. The highest BCUT2D eigenvalue weighted by Crippen LogP contribution is 2.34. The van der Waals surface area contributed by atoms with Crippen molar-refractivity contribution in [3.63, 3.8) is 0 Å². The van der Waals surface area contributed by atoms with Gasteiger partial charge in [0.1, 0.15) is 18.8 Å². The topological polar surface area (TPSA) is 140 Å². The summed E-state index contributed by atoms with van der Waals surface area (Å²) in [6.07, 6.45) is -4.76. The average Bonchev–Trinajstić information content (AvgIpc) is 3.26. The molecule has 1 aliphatic rings. The summed E-state index contributed by atoms with van der Waals surface area (Å²) in [6, 6.07) is 17.5. The van der Waals surface area contributed by atoms with Crippen LogP contribution >= 0.6 is 12.2 Å². The molecule has 12 nitrogen and oxygen atoms in total. The molecule has 1 amide bonds. The smallest absolute Gasteiger partial charge is 0.303 e. The Bertz CT molecular complexity index is 1470. The SMILES string of the molecule is CC(=O)N[C@@H]1[C@@H](OC(C)=O)[C@H](OC(C)=O)[C@@H](COC(C)=O)O[C@H]1n1nc(-c2ccccc2)n(-c2ccccc2)c1=S. The summed E-state index contributed by atoms with van der Waals surface area (Å²) in [7, 11) is 0. The molecular weight excluding hydrogens is 552 g/mol. The van der Waals surface area contributed by atoms with E-state index in [1.807, 2.05) is 60.7 Å². The third-order valence-electron chi connectivity index (χ3n) is 6.18. The van der Waals surface area contributed by atoms with Crippen molar-refractivity contribution in [3.8, 4) is 17.1 Å². The number of esters is 3. The maximum absolute atomic E-state index is 12.4. The van der Waals surface area contributed by atoms with Crippen LogP contribution in [0.25, 0.3) is 17.1 Å². The van der Waals surface area contributed by atoms with E-state index < -0.39 is 54.4 Å². The average molecular weight is 583 g/mol. The predicted molar refractivity (Wildman–Crippen MR) is 147 cm³/mol. The molecule has 1 aromatic heterocycles. The van der Waals surface area contributed by atoms with Crippen LogP contribution in [0.3, 0.4) is 0 Å². The van der Waals surface area contributed by atoms with Crippen molar-refractivity contribution in [1.82, 2.24) is 19.7 Å². The quantitative estimate of drug-likeness (QED) is 0.240. The Morgan fingerprint density at radius 1 is 0.878 bits per heavy atom. The third kappa shape index (κ3) is 6.87. The van der Waals surface area contributed by atoms with Crippen molar-refractivity contribution in [1.29, 1.82) is 0 Å². The minimum Gasteiger partial charge on any atom is -0.463 e. The van der Waals surface area contributed by atoms with E-state index in [0.717, 1.165) is 11.3 Å². The van der Waals surface area contributed by atoms with Crippen molar-refractivity contribution in [2.45, 2.75) is 58.3 Å². The molecule has 1 N–H and O–H groups in total. The van der Waals surface area contributed by atoms with Crippen molar-refractivity contribution in [2.24, 2.45) is 0 Å². The van der Waals surface area contributed by atoms with Gasteiger partial charge >= 0.3 is 17.9 Å². The molecule has 0 radical (unpaired) electrons. The van der Waals surface area contributed by atoms with E-state index in [1.54, 1.807) is 4.57 Å². The van der Waals surface area contributed by atoms with Gasteiger partial charge in [0.15, 0.2) is 24.3 Å². The first-order valence-corrected chi connectivity index (χ1v) is 13.2. The zero-order chi connectivity index (χ0) is 29.7. The van der Waals surface area contributed by atoms with Crippen LogP contribution in [0.15, 0.2) is 60.7 Å². The second-order valence-electron chi connectivity index (χ2n) is 9.33. The summed E-state index contributed by atoms with van der Waals surface area (Å²) in [5.41, 5.74) is 1.47. The molecule has 0 unspecified atom stereocenters. The highest BCUT2D eigenvalue weighted by molar-refractivity contribution is 7.71. The van der Waals surface area contributed by atoms with E-state index >= 15 is 0 Å². The Morgan fingerprint density at radius 3 is 2.02 bits per heavy atom. The molecule has 41 heavy (non-hydrogen) atoms. The van der Waals surface area contributed by atoms with Gasteiger partial charge in [-0.1, -0.05) is 48.5 Å². The Hall–Kier alpha value is -4.36. The molecule has 0 bridgehead atoms. The second kappa shape index (κ2) is 12.9. The Morgan fingerprint density at radius 2 is 1.46 bits per heavy atom. The van der Waals surface area contributed by atoms with Gasteiger partial charge in [0.2, 0.25) is 10.7 Å². The minimum absolute atomic E-state index is 0.203. The van der Waals surface area contributed by atoms with Crippen LogP contribution < -0.4 is 5.32 Å². The maximum atomic E-state index is 12.4. The van der Waals surface area contributed by atoms with Crippen LogP contribution in [0.2, 0.25) is 0 Å². The van der Waals surface area contributed by atoms with Crippen LogP contribution in [0.4, 0.5) is 0 Å². The number of carbonyl (C=O) groups is 4. The molecule has 4 rings (SSSR count). The second-order valence-corrected chi connectivity index (χ2v) is 9.69. The summed E-state index contributed by atoms with van der Waals surface area (Å²) in [5.74, 6) is -1.98. The van der Waals surface area contributed by atoms with Gasteiger partial charge in [0.25, 0.3) is 0 Å². The number of hydrogen-bond donors (Lipinski definition) is 1. The number of para-hydroxylation sites is 1. The molecule has 0 aliphatic carbocycles. The molecule has 13 heteroatoms. The number of nitrogens with one attached hydrogen (secondary N) is 1. The predicted octanol–water partition coefficient (Wildman–Crippen LogP) is 2.90. The molecule has 3 aromatic rings. The summed E-state index contributed by atoms with van der Waals surface area (Å²) in [5, 5.41) is 7.56. The summed E-state index contributed by atoms with van der Waals surface area (Å²) in [6.45, 7) is 4.52. The molecule has 1 saturated heterocycles. The van der Waals surface area contributed by atoms with Crippen LogP contribution in [0.5, 0.6) is 0 Å². The van der Waals surface area contributed by atoms with Gasteiger partial charge in [0.05, 0.1) is 0 Å². The summed E-state index contributed by atoms with van der Waals surface area (Å²) >= 11 is 5.91. The van der Waals surface area contributed by atoms with E-state index in [-0.39, 0.29) is 11.4 Å². The van der Waals surface area contributed by atoms with Crippen LogP contribution in [-0.4, -0.2) is 69.1 Å². The zero-order valence-corrected chi connectivity index (χ0v) is 23.7. The lowest BCUT2D eigenvalue weighted by molar-refractivity contribution is -0.239. The first-order chi connectivity index (χ1) is 19.6. The largest absolute Gasteiger partial charge is 0.463 e. The normalized spacial score (nSPS) is 21.9. The molecule has 2 heterocycles. The molecule has 216 valence electrons. The number of nitrogens with zero attached hydrogens (tertiary/aromatic N) is 3. The van der Waals surface area contributed by atoms with Gasteiger partial charge < -0.3 is 24.3 Å². The Labute approximate surface area is 241 Å². The number of aromatic nitrogens is 3. The van der Waals surface area contributed by atoms with E-state index in [2.05, 4.69) is 5.32 Å². The Kier molecular flexibility index (Phi) is 9.30. The molecule has 0 spiro atoms. The number of benzene rings is 2. The van der Waals surface area contributed by atoms with Crippen molar-refractivity contribution in [3.05, 3.63) is 65.4 Å². The molecule has 1 aliphatic heterocycles. The molecule has 1 fully saturated rings. The van der Waals surface area contributed by atoms with Gasteiger partial charge in [-0.25, -0.2) is 4.68 Å². The number of hydrogen-bond acceptors (Lipinski definition) is 10. The highest BCUT2D eigenvalue weighted by atomic mass is 32.1. The number of ether oxygens (including phenoxy) is 4. The van der Waals surface area contributed by atoms with E-state index in [1.165, 1.54) is 32.4 Å². The maximum Gasteiger partial charge on any atom is 0.303 e. The van der Waals surface area contributed by atoms with Crippen molar-refractivity contribution in [2.75, 3.05) is 6.61 Å². The fraction of sp³-hybridized carbons (Fsp3) is 0.357. The van der Waals surface area contributed by atoms with Gasteiger partial charge in [-0.3, -0.25) is 23.7 Å². The lowest BCUT2D eigenvalue weighted by Crippen LogP contribution is -2.64. The standard InChI is InChI=1S/C28H30N4O8S/c1-16(33)29-23-25(39-19(4)36)24(38-18(3)35)22(15-37-17(2)34)40-27(23)32-28(41)31(21-13-9-6-10-14-21)26(30-32)20-11-7-5-8-12-20/h5-14,22-25,27H,15H2,1-4H3,(H,29,33)/t22-,23-,24-,25-,27-/m1/s1. The van der Waals surface area contributed by atoms with Gasteiger partial charge in [-0.15, -0.1) is 5.10 Å². The lowest BCUT2D eigenvalue weighted by Gasteiger charge is -2.45. The number of rotatable bonds is 8. The first kappa shape index (κ1) is 29.6. The van der Waals surface area contributed by atoms with Crippen LogP contribution in [0, 0.1) is 4.77 Å². The fourth-order valence-corrected chi connectivity index (χ4v) is 4.99. The van der Waals surface area contributed by atoms with Crippen molar-refractivity contribution >= 4 is 36.0 Å². The fourth-order valence-electron chi connectivity index (χ4n) is 4.65. The monoisotopic (exact) mass is 582 g/mol. The van der Waals surface area contributed by atoms with Crippen molar-refractivity contribution < 1.29 is 38.1 Å². The number of amides is 1. The zero-order valence-electron chi connectivity index (χ0n) is 22.9. The summed E-state index contributed by atoms with van der Waals surface area (Å²) < 4.78 is 26.0. The van der Waals surface area contributed by atoms with Crippen LogP contribution in [-0.2, 0) is 38.1 Å². The lowest BCUT2D eigenvalue weighted by atomic mass is 9.95. The van der Waals surface area contributed by atoms with E-state index in [0.29, 0.717) is 5.82 Å². The highest BCUT2D eigenvalue weighted by Gasteiger charge is 2.52. The first-order valence-electron chi connectivity index (χ1n) is 12.8. The molecule has 0 saturated carbocycles.